The molecule has 0 amide bonds. The standard InChI is InChI=1S/C10H15NOS/c1-10(2,11)9(12)4-3-8-5-6-13-7-8/h5-7H,3-4,11H2,1-2H3. The number of rotatable bonds is 4. The quantitative estimate of drug-likeness (QED) is 0.802. The molecule has 0 spiro atoms. The molecular formula is C10H15NOS. The number of Topliss-reactive ketones (excluding diaryl/α,β-unsaturated/α-hetero) is 1. The Labute approximate surface area is 82.8 Å². The van der Waals surface area contributed by atoms with Crippen LogP contribution in [0.25, 0.3) is 0 Å². The van der Waals surface area contributed by atoms with Crippen LogP contribution in [0.15, 0.2) is 16.8 Å². The normalized spacial score (nSPS) is 11.6. The fraction of sp³-hybridized carbons (Fsp3) is 0.500. The summed E-state index contributed by atoms with van der Waals surface area (Å²) in [5.41, 5.74) is 6.21. The van der Waals surface area contributed by atoms with E-state index in [1.165, 1.54) is 5.56 Å². The lowest BCUT2D eigenvalue weighted by atomic mass is 9.96. The lowest BCUT2D eigenvalue weighted by Gasteiger charge is -2.15. The Bertz CT molecular complexity index is 272. The molecule has 0 aromatic carbocycles. The Hall–Kier alpha value is -0.670. The molecule has 0 fully saturated rings. The van der Waals surface area contributed by atoms with E-state index in [0.717, 1.165) is 6.42 Å². The Morgan fingerprint density at radius 3 is 2.77 bits per heavy atom. The number of ketones is 1. The molecule has 1 rings (SSSR count). The zero-order chi connectivity index (χ0) is 9.90. The van der Waals surface area contributed by atoms with Gasteiger partial charge in [-0.3, -0.25) is 4.79 Å². The minimum absolute atomic E-state index is 0.124. The van der Waals surface area contributed by atoms with E-state index in [4.69, 9.17) is 5.73 Å². The van der Waals surface area contributed by atoms with Crippen LogP contribution in [0.4, 0.5) is 0 Å². The van der Waals surface area contributed by atoms with Gasteiger partial charge >= 0.3 is 0 Å². The highest BCUT2D eigenvalue weighted by Gasteiger charge is 2.20. The third-order valence-corrected chi connectivity index (χ3v) is 2.67. The molecule has 2 N–H and O–H groups in total. The van der Waals surface area contributed by atoms with Crippen LogP contribution in [-0.2, 0) is 11.2 Å². The van der Waals surface area contributed by atoms with E-state index in [2.05, 4.69) is 5.38 Å². The van der Waals surface area contributed by atoms with Gasteiger partial charge in [0.15, 0.2) is 5.78 Å². The van der Waals surface area contributed by atoms with E-state index in [-0.39, 0.29) is 5.78 Å². The van der Waals surface area contributed by atoms with E-state index >= 15 is 0 Å². The van der Waals surface area contributed by atoms with Crippen molar-refractivity contribution in [2.24, 2.45) is 5.73 Å². The van der Waals surface area contributed by atoms with Gasteiger partial charge in [0.25, 0.3) is 0 Å². The molecule has 72 valence electrons. The molecule has 0 saturated carbocycles. The summed E-state index contributed by atoms with van der Waals surface area (Å²) >= 11 is 1.66. The van der Waals surface area contributed by atoms with Crippen LogP contribution in [0, 0.1) is 0 Å². The maximum atomic E-state index is 11.4. The molecule has 0 radical (unpaired) electrons. The molecule has 0 atom stereocenters. The topological polar surface area (TPSA) is 43.1 Å². The Balaban J connectivity index is 2.40. The summed E-state index contributed by atoms with van der Waals surface area (Å²) in [7, 11) is 0. The van der Waals surface area contributed by atoms with E-state index in [9.17, 15) is 4.79 Å². The summed E-state index contributed by atoms with van der Waals surface area (Å²) in [6, 6.07) is 2.04. The van der Waals surface area contributed by atoms with Crippen LogP contribution in [0.3, 0.4) is 0 Å². The molecule has 1 aromatic rings. The summed E-state index contributed by atoms with van der Waals surface area (Å²) in [4.78, 5) is 11.4. The Morgan fingerprint density at radius 2 is 2.31 bits per heavy atom. The third-order valence-electron chi connectivity index (χ3n) is 1.94. The van der Waals surface area contributed by atoms with Crippen molar-refractivity contribution in [2.75, 3.05) is 0 Å². The molecule has 1 heterocycles. The van der Waals surface area contributed by atoms with Crippen molar-refractivity contribution in [2.45, 2.75) is 32.2 Å². The molecule has 0 aliphatic heterocycles. The average Bonchev–Trinajstić information content (AvgIpc) is 2.50. The Kier molecular flexibility index (Phi) is 3.22. The number of thiophene rings is 1. The molecule has 2 nitrogen and oxygen atoms in total. The van der Waals surface area contributed by atoms with Gasteiger partial charge in [-0.25, -0.2) is 0 Å². The Morgan fingerprint density at radius 1 is 1.62 bits per heavy atom. The van der Waals surface area contributed by atoms with E-state index in [0.29, 0.717) is 6.42 Å². The van der Waals surface area contributed by atoms with Crippen LogP contribution in [0.5, 0.6) is 0 Å². The van der Waals surface area contributed by atoms with E-state index < -0.39 is 5.54 Å². The lowest BCUT2D eigenvalue weighted by molar-refractivity contribution is -0.123. The second kappa shape index (κ2) is 4.03. The molecule has 13 heavy (non-hydrogen) atoms. The fourth-order valence-corrected chi connectivity index (χ4v) is 1.72. The van der Waals surface area contributed by atoms with Crippen molar-refractivity contribution >= 4 is 17.1 Å². The number of aryl methyl sites for hydroxylation is 1. The summed E-state index contributed by atoms with van der Waals surface area (Å²) in [6.45, 7) is 3.51. The monoisotopic (exact) mass is 197 g/mol. The van der Waals surface area contributed by atoms with Crippen molar-refractivity contribution in [3.8, 4) is 0 Å². The number of carbonyl (C=O) groups excluding carboxylic acids is 1. The zero-order valence-electron chi connectivity index (χ0n) is 8.04. The molecule has 0 bridgehead atoms. The maximum absolute atomic E-state index is 11.4. The van der Waals surface area contributed by atoms with Crippen molar-refractivity contribution in [3.05, 3.63) is 22.4 Å². The van der Waals surface area contributed by atoms with E-state index in [1.807, 2.05) is 11.4 Å². The van der Waals surface area contributed by atoms with Crippen molar-refractivity contribution in [1.29, 1.82) is 0 Å². The fourth-order valence-electron chi connectivity index (χ4n) is 1.01. The zero-order valence-corrected chi connectivity index (χ0v) is 8.86. The predicted octanol–water partition coefficient (Wildman–Crippen LogP) is 1.99. The van der Waals surface area contributed by atoms with Gasteiger partial charge in [-0.2, -0.15) is 11.3 Å². The minimum atomic E-state index is -0.685. The summed E-state index contributed by atoms with van der Waals surface area (Å²) in [5.74, 6) is 0.124. The second-order valence-electron chi connectivity index (χ2n) is 3.78. The third kappa shape index (κ3) is 3.28. The molecule has 3 heteroatoms. The molecule has 1 aromatic heterocycles. The molecule has 0 aliphatic carbocycles. The number of hydrogen-bond donors (Lipinski definition) is 1. The highest BCUT2D eigenvalue weighted by atomic mass is 32.1. The summed E-state index contributed by atoms with van der Waals surface area (Å²) in [5, 5.41) is 4.09. The van der Waals surface area contributed by atoms with Crippen LogP contribution in [0.1, 0.15) is 25.8 Å². The number of nitrogens with two attached hydrogens (primary N) is 1. The van der Waals surface area contributed by atoms with Crippen molar-refractivity contribution in [3.63, 3.8) is 0 Å². The minimum Gasteiger partial charge on any atom is -0.319 e. The van der Waals surface area contributed by atoms with Gasteiger partial charge in [0.2, 0.25) is 0 Å². The largest absolute Gasteiger partial charge is 0.319 e. The van der Waals surface area contributed by atoms with Gasteiger partial charge in [0.05, 0.1) is 5.54 Å². The first-order chi connectivity index (χ1) is 6.00. The first-order valence-corrected chi connectivity index (χ1v) is 5.27. The summed E-state index contributed by atoms with van der Waals surface area (Å²) in [6.07, 6.45) is 1.35. The van der Waals surface area contributed by atoms with Gasteiger partial charge < -0.3 is 5.73 Å². The van der Waals surface area contributed by atoms with Gasteiger partial charge in [-0.15, -0.1) is 0 Å². The lowest BCUT2D eigenvalue weighted by Crippen LogP contribution is -2.41. The highest BCUT2D eigenvalue weighted by Crippen LogP contribution is 2.11. The SMILES string of the molecule is CC(C)(N)C(=O)CCc1ccsc1. The van der Waals surface area contributed by atoms with Crippen LogP contribution in [0.2, 0.25) is 0 Å². The smallest absolute Gasteiger partial charge is 0.152 e. The van der Waals surface area contributed by atoms with Crippen molar-refractivity contribution < 1.29 is 4.79 Å². The van der Waals surface area contributed by atoms with Gasteiger partial charge in [0, 0.05) is 6.42 Å². The first-order valence-electron chi connectivity index (χ1n) is 4.33. The molecular weight excluding hydrogens is 182 g/mol. The van der Waals surface area contributed by atoms with Crippen LogP contribution < -0.4 is 5.73 Å². The van der Waals surface area contributed by atoms with Crippen LogP contribution >= 0.6 is 11.3 Å². The second-order valence-corrected chi connectivity index (χ2v) is 4.56. The first kappa shape index (κ1) is 10.4. The predicted molar refractivity (Wildman–Crippen MR) is 55.9 cm³/mol. The van der Waals surface area contributed by atoms with Crippen LogP contribution in [-0.4, -0.2) is 11.3 Å². The number of carbonyl (C=O) groups is 1. The van der Waals surface area contributed by atoms with Gasteiger partial charge in [-0.05, 0) is 42.7 Å². The highest BCUT2D eigenvalue weighted by molar-refractivity contribution is 7.07. The number of hydrogen-bond acceptors (Lipinski definition) is 3. The molecule has 0 saturated heterocycles. The maximum Gasteiger partial charge on any atom is 0.152 e. The molecule has 0 aliphatic rings. The average molecular weight is 197 g/mol. The van der Waals surface area contributed by atoms with Gasteiger partial charge in [-0.1, -0.05) is 0 Å². The van der Waals surface area contributed by atoms with E-state index in [1.54, 1.807) is 25.2 Å². The van der Waals surface area contributed by atoms with Crippen molar-refractivity contribution in [1.82, 2.24) is 0 Å². The molecule has 0 unspecified atom stereocenters. The van der Waals surface area contributed by atoms with Gasteiger partial charge in [0.1, 0.15) is 0 Å². The summed E-state index contributed by atoms with van der Waals surface area (Å²) < 4.78 is 0.